The molecule has 4 N–H and O–H groups in total. The second-order valence-corrected chi connectivity index (χ2v) is 10.8. The van der Waals surface area contributed by atoms with Crippen molar-refractivity contribution in [1.82, 2.24) is 4.90 Å². The van der Waals surface area contributed by atoms with Gasteiger partial charge in [0.15, 0.2) is 5.60 Å². The first-order valence-electron chi connectivity index (χ1n) is 14.5. The van der Waals surface area contributed by atoms with Gasteiger partial charge in [0, 0.05) is 36.7 Å². The van der Waals surface area contributed by atoms with Crippen LogP contribution in [0.1, 0.15) is 37.0 Å². The summed E-state index contributed by atoms with van der Waals surface area (Å²) in [6.45, 7) is 3.65. The lowest BCUT2D eigenvalue weighted by molar-refractivity contribution is -0.139. The molecule has 0 bridgehead atoms. The fraction of sp³-hybridized carbons (Fsp3) is 0.324. The third kappa shape index (κ3) is 7.16. The van der Waals surface area contributed by atoms with E-state index in [1.165, 1.54) is 18.9 Å². The van der Waals surface area contributed by atoms with Gasteiger partial charge in [-0.1, -0.05) is 61.5 Å². The Morgan fingerprint density at radius 2 is 1.75 bits per heavy atom. The Morgan fingerprint density at radius 1 is 1.05 bits per heavy atom. The minimum absolute atomic E-state index is 0.0358. The van der Waals surface area contributed by atoms with Crippen molar-refractivity contribution in [3.63, 3.8) is 0 Å². The fourth-order valence-electron chi connectivity index (χ4n) is 5.19. The van der Waals surface area contributed by atoms with Crippen LogP contribution in [0.5, 0.6) is 5.75 Å². The van der Waals surface area contributed by atoms with Crippen molar-refractivity contribution in [2.24, 2.45) is 5.92 Å². The van der Waals surface area contributed by atoms with Crippen molar-refractivity contribution in [3.8, 4) is 5.75 Å². The lowest BCUT2D eigenvalue weighted by Crippen LogP contribution is -2.44. The molecule has 1 aliphatic rings. The Balaban J connectivity index is 1.52. The summed E-state index contributed by atoms with van der Waals surface area (Å²) in [5, 5.41) is 33.5. The summed E-state index contributed by atoms with van der Waals surface area (Å²) >= 11 is 0. The van der Waals surface area contributed by atoms with Crippen LogP contribution >= 0.6 is 0 Å². The number of carbonyl (C=O) groups is 3. The van der Waals surface area contributed by atoms with Crippen molar-refractivity contribution in [2.45, 2.75) is 45.1 Å². The quantitative estimate of drug-likeness (QED) is 0.220. The Morgan fingerprint density at radius 3 is 2.39 bits per heavy atom. The third-order valence-electron chi connectivity index (χ3n) is 7.73. The lowest BCUT2D eigenvalue weighted by atomic mass is 9.83. The van der Waals surface area contributed by atoms with Crippen LogP contribution in [-0.2, 0) is 33.1 Å². The number of carbonyl (C=O) groups excluding carboxylic acids is 3. The number of hydrogen-bond donors (Lipinski definition) is 4. The minimum Gasteiger partial charge on any atom is -0.497 e. The molecule has 0 saturated heterocycles. The summed E-state index contributed by atoms with van der Waals surface area (Å²) in [5.74, 6) is -1.44. The maximum atomic E-state index is 13.9. The molecule has 1 heterocycles. The molecule has 44 heavy (non-hydrogen) atoms. The van der Waals surface area contributed by atoms with Gasteiger partial charge in [0.25, 0.3) is 11.8 Å². The van der Waals surface area contributed by atoms with Crippen LogP contribution in [-0.4, -0.2) is 64.3 Å². The predicted molar refractivity (Wildman–Crippen MR) is 167 cm³/mol. The number of benzene rings is 3. The molecule has 0 aliphatic carbocycles. The molecule has 3 aromatic carbocycles. The number of nitrogens with zero attached hydrogens (tertiary/aromatic N) is 2. The van der Waals surface area contributed by atoms with E-state index in [4.69, 9.17) is 4.74 Å². The molecule has 3 aromatic rings. The van der Waals surface area contributed by atoms with E-state index in [-0.39, 0.29) is 32.0 Å². The molecule has 0 unspecified atom stereocenters. The van der Waals surface area contributed by atoms with Crippen molar-refractivity contribution < 1.29 is 34.4 Å². The van der Waals surface area contributed by atoms with Crippen LogP contribution < -0.4 is 15.0 Å². The molecular weight excluding hydrogens is 562 g/mol. The van der Waals surface area contributed by atoms with Gasteiger partial charge in [-0.3, -0.25) is 14.4 Å². The van der Waals surface area contributed by atoms with Crippen molar-refractivity contribution in [3.05, 3.63) is 102 Å². The van der Waals surface area contributed by atoms with Gasteiger partial charge >= 0.3 is 0 Å². The first-order valence-corrected chi connectivity index (χ1v) is 14.5. The zero-order valence-electron chi connectivity index (χ0n) is 25.1. The summed E-state index contributed by atoms with van der Waals surface area (Å²) in [7, 11) is 1.51. The highest BCUT2D eigenvalue weighted by molar-refractivity contribution is 6.07. The number of aliphatic hydroxyl groups excluding tert-OH is 2. The van der Waals surface area contributed by atoms with E-state index in [0.717, 1.165) is 11.1 Å². The summed E-state index contributed by atoms with van der Waals surface area (Å²) in [6, 6.07) is 21.5. The SMILES string of the molecule is COc1ccc2c(c1)[C@@](O)([C@H](C)/C=C/CC(=O)N(CCO)Cc1ccccc1)C(=O)N2Cc1ccc(NC(=O)[C@H](C)O)cc1. The van der Waals surface area contributed by atoms with Crippen molar-refractivity contribution in [1.29, 1.82) is 0 Å². The van der Waals surface area contributed by atoms with Gasteiger partial charge in [-0.2, -0.15) is 0 Å². The van der Waals surface area contributed by atoms with Crippen LogP contribution in [0.3, 0.4) is 0 Å². The number of ether oxygens (including phenoxy) is 1. The largest absolute Gasteiger partial charge is 0.497 e. The lowest BCUT2D eigenvalue weighted by Gasteiger charge is -2.28. The standard InChI is InChI=1S/C34H39N3O7/c1-23(8-7-11-31(40)36(18-19-38)21-25-9-5-4-6-10-25)34(43)29-20-28(44-3)16-17-30(29)37(33(34)42)22-26-12-14-27(15-13-26)35-32(41)24(2)39/h4-10,12-17,20,23-24,38-39,43H,11,18-19,21-22H2,1-3H3,(H,35,41)/b8-7+/t23-,24+,34+/m1/s1. The number of rotatable bonds is 13. The first-order chi connectivity index (χ1) is 21.1. The summed E-state index contributed by atoms with van der Waals surface area (Å²) in [4.78, 5) is 41.8. The molecule has 10 heteroatoms. The molecule has 0 aromatic heterocycles. The van der Waals surface area contributed by atoms with E-state index in [0.29, 0.717) is 29.2 Å². The van der Waals surface area contributed by atoms with E-state index < -0.39 is 29.4 Å². The van der Waals surface area contributed by atoms with E-state index in [2.05, 4.69) is 5.32 Å². The van der Waals surface area contributed by atoms with Gasteiger partial charge in [-0.15, -0.1) is 0 Å². The number of anilines is 2. The molecule has 3 amide bonds. The van der Waals surface area contributed by atoms with E-state index >= 15 is 0 Å². The van der Waals surface area contributed by atoms with E-state index in [1.807, 2.05) is 30.3 Å². The molecule has 232 valence electrons. The molecule has 0 saturated carbocycles. The Labute approximate surface area is 257 Å². The maximum Gasteiger partial charge on any atom is 0.264 e. The molecule has 0 spiro atoms. The third-order valence-corrected chi connectivity index (χ3v) is 7.73. The Hall–Kier alpha value is -4.51. The van der Waals surface area contributed by atoms with Gasteiger partial charge in [-0.25, -0.2) is 0 Å². The first kappa shape index (κ1) is 32.4. The topological polar surface area (TPSA) is 140 Å². The second kappa shape index (κ2) is 14.3. The van der Waals surface area contributed by atoms with Gasteiger partial charge < -0.3 is 35.2 Å². The van der Waals surface area contributed by atoms with Crippen LogP contribution in [0.25, 0.3) is 0 Å². The summed E-state index contributed by atoms with van der Waals surface area (Å²) in [6.07, 6.45) is 2.21. The number of methoxy groups -OCH3 is 1. The zero-order valence-corrected chi connectivity index (χ0v) is 25.1. The Bertz CT molecular complexity index is 1490. The van der Waals surface area contributed by atoms with Gasteiger partial charge in [-0.05, 0) is 48.4 Å². The molecule has 3 atom stereocenters. The van der Waals surface area contributed by atoms with E-state index in [9.17, 15) is 29.7 Å². The van der Waals surface area contributed by atoms with Crippen molar-refractivity contribution >= 4 is 29.1 Å². The average molecular weight is 602 g/mol. The minimum atomic E-state index is -1.91. The summed E-state index contributed by atoms with van der Waals surface area (Å²) < 4.78 is 5.39. The monoisotopic (exact) mass is 601 g/mol. The summed E-state index contributed by atoms with van der Waals surface area (Å²) in [5.41, 5.74) is 1.24. The van der Waals surface area contributed by atoms with Crippen LogP contribution in [0, 0.1) is 5.92 Å². The Kier molecular flexibility index (Phi) is 10.5. The second-order valence-electron chi connectivity index (χ2n) is 10.8. The molecule has 0 fully saturated rings. The van der Waals surface area contributed by atoms with Gasteiger partial charge in [0.05, 0.1) is 25.9 Å². The highest BCUT2D eigenvalue weighted by atomic mass is 16.5. The number of hydrogen-bond acceptors (Lipinski definition) is 7. The molecule has 4 rings (SSSR count). The average Bonchev–Trinajstić information content (AvgIpc) is 3.24. The molecule has 1 aliphatic heterocycles. The number of aliphatic hydroxyl groups is 3. The van der Waals surface area contributed by atoms with E-state index in [1.54, 1.807) is 66.4 Å². The molecular formula is C34H39N3O7. The van der Waals surface area contributed by atoms with Crippen LogP contribution in [0.4, 0.5) is 11.4 Å². The number of amides is 3. The van der Waals surface area contributed by atoms with Gasteiger partial charge in [0.1, 0.15) is 11.9 Å². The molecule has 0 radical (unpaired) electrons. The normalized spacial score (nSPS) is 17.3. The number of nitrogens with one attached hydrogen (secondary N) is 1. The number of fused-ring (bicyclic) bond motifs is 1. The van der Waals surface area contributed by atoms with Crippen LogP contribution in [0.2, 0.25) is 0 Å². The maximum absolute atomic E-state index is 13.9. The van der Waals surface area contributed by atoms with Gasteiger partial charge in [0.2, 0.25) is 5.91 Å². The smallest absolute Gasteiger partial charge is 0.264 e. The fourth-order valence-corrected chi connectivity index (χ4v) is 5.19. The molecule has 10 nitrogen and oxygen atoms in total. The zero-order chi connectivity index (χ0) is 31.9. The van der Waals surface area contributed by atoms with Crippen LogP contribution in [0.15, 0.2) is 84.9 Å². The highest BCUT2D eigenvalue weighted by Gasteiger charge is 2.52. The van der Waals surface area contributed by atoms with Crippen molar-refractivity contribution in [2.75, 3.05) is 30.5 Å². The predicted octanol–water partition coefficient (Wildman–Crippen LogP) is 3.35. The highest BCUT2D eigenvalue weighted by Crippen LogP contribution is 2.47.